The zero-order valence-electron chi connectivity index (χ0n) is 6.52. The van der Waals surface area contributed by atoms with Gasteiger partial charge in [-0.05, 0) is 29.5 Å². The Bertz CT molecular complexity index is 157. The van der Waals surface area contributed by atoms with E-state index in [-0.39, 0.29) is 0 Å². The maximum Gasteiger partial charge on any atom is -0.00777 e. The summed E-state index contributed by atoms with van der Waals surface area (Å²) in [5.74, 6) is 0. The van der Waals surface area contributed by atoms with Crippen molar-refractivity contribution in [1.29, 1.82) is 0 Å². The molecule has 0 saturated carbocycles. The largest absolute Gasteiger partial charge is 0.0991 e. The van der Waals surface area contributed by atoms with Crippen LogP contribution in [0.25, 0.3) is 0 Å². The molecule has 0 aromatic carbocycles. The highest BCUT2D eigenvalue weighted by Crippen LogP contribution is 2.10. The minimum Gasteiger partial charge on any atom is -0.0991 e. The Morgan fingerprint density at radius 2 is 2.20 bits per heavy atom. The highest BCUT2D eigenvalue weighted by molar-refractivity contribution is 9.11. The standard InChI is InChI=1S/C9H13Br/c1-4-6-9(5-2)7-8(3)10/h4,6-7H,1,5H2,2-3H3/b8-7+,9-6-. The van der Waals surface area contributed by atoms with Gasteiger partial charge in [-0.15, -0.1) is 0 Å². The van der Waals surface area contributed by atoms with Gasteiger partial charge in [-0.1, -0.05) is 41.6 Å². The quantitative estimate of drug-likeness (QED) is 0.609. The minimum absolute atomic E-state index is 1.05. The van der Waals surface area contributed by atoms with Crippen LogP contribution in [-0.4, -0.2) is 0 Å². The third kappa shape index (κ3) is 4.57. The van der Waals surface area contributed by atoms with Crippen molar-refractivity contribution < 1.29 is 0 Å². The molecule has 56 valence electrons. The molecule has 0 nitrogen and oxygen atoms in total. The lowest BCUT2D eigenvalue weighted by atomic mass is 10.2. The van der Waals surface area contributed by atoms with Gasteiger partial charge < -0.3 is 0 Å². The van der Waals surface area contributed by atoms with Gasteiger partial charge in [0, 0.05) is 0 Å². The van der Waals surface area contributed by atoms with Gasteiger partial charge >= 0.3 is 0 Å². The van der Waals surface area contributed by atoms with Crippen molar-refractivity contribution in [1.82, 2.24) is 0 Å². The van der Waals surface area contributed by atoms with E-state index in [1.165, 1.54) is 5.57 Å². The Labute approximate surface area is 71.5 Å². The molecule has 0 aliphatic rings. The van der Waals surface area contributed by atoms with E-state index >= 15 is 0 Å². The summed E-state index contributed by atoms with van der Waals surface area (Å²) >= 11 is 3.37. The molecule has 0 aliphatic carbocycles. The van der Waals surface area contributed by atoms with Gasteiger partial charge in [0.25, 0.3) is 0 Å². The van der Waals surface area contributed by atoms with Crippen molar-refractivity contribution in [3.63, 3.8) is 0 Å². The molecule has 0 fully saturated rings. The summed E-state index contributed by atoms with van der Waals surface area (Å²) in [5.41, 5.74) is 1.30. The molecule has 10 heavy (non-hydrogen) atoms. The van der Waals surface area contributed by atoms with E-state index in [0.717, 1.165) is 10.9 Å². The van der Waals surface area contributed by atoms with Crippen molar-refractivity contribution in [2.75, 3.05) is 0 Å². The SMILES string of the molecule is C=C/C=C(\C=C(/C)Br)CC. The average molecular weight is 201 g/mol. The van der Waals surface area contributed by atoms with Gasteiger partial charge in [0.15, 0.2) is 0 Å². The van der Waals surface area contributed by atoms with Crippen LogP contribution in [0.15, 0.2) is 34.9 Å². The Morgan fingerprint density at radius 1 is 1.60 bits per heavy atom. The monoisotopic (exact) mass is 200 g/mol. The molecule has 0 N–H and O–H groups in total. The summed E-state index contributed by atoms with van der Waals surface area (Å²) in [4.78, 5) is 0. The maximum atomic E-state index is 3.63. The van der Waals surface area contributed by atoms with Crippen molar-refractivity contribution in [2.45, 2.75) is 20.3 Å². The van der Waals surface area contributed by atoms with Crippen LogP contribution < -0.4 is 0 Å². The lowest BCUT2D eigenvalue weighted by molar-refractivity contribution is 1.15. The number of allylic oxidation sites excluding steroid dienone is 5. The third-order valence-corrected chi connectivity index (χ3v) is 1.35. The molecule has 0 spiro atoms. The van der Waals surface area contributed by atoms with Crippen molar-refractivity contribution in [3.05, 3.63) is 34.9 Å². The fourth-order valence-electron chi connectivity index (χ4n) is 0.675. The second-order valence-electron chi connectivity index (χ2n) is 2.06. The van der Waals surface area contributed by atoms with Gasteiger partial charge in [0.05, 0.1) is 0 Å². The molecule has 0 heterocycles. The lowest BCUT2D eigenvalue weighted by Gasteiger charge is -1.94. The van der Waals surface area contributed by atoms with Crippen LogP contribution in [0.1, 0.15) is 20.3 Å². The number of halogens is 1. The predicted molar refractivity (Wildman–Crippen MR) is 51.3 cm³/mol. The molecule has 1 heteroatoms. The van der Waals surface area contributed by atoms with Gasteiger partial charge in [0.1, 0.15) is 0 Å². The minimum atomic E-state index is 1.05. The summed E-state index contributed by atoms with van der Waals surface area (Å²) in [7, 11) is 0. The summed E-state index contributed by atoms with van der Waals surface area (Å²) < 4.78 is 1.16. The van der Waals surface area contributed by atoms with E-state index in [1.807, 2.05) is 19.1 Å². The molecule has 0 aliphatic heterocycles. The fraction of sp³-hybridized carbons (Fsp3) is 0.333. The maximum absolute atomic E-state index is 3.63. The summed E-state index contributed by atoms with van der Waals surface area (Å²) in [6, 6.07) is 0. The van der Waals surface area contributed by atoms with Crippen LogP contribution in [0.4, 0.5) is 0 Å². The highest BCUT2D eigenvalue weighted by Gasteiger charge is 1.86. The van der Waals surface area contributed by atoms with Crippen LogP contribution in [0.3, 0.4) is 0 Å². The van der Waals surface area contributed by atoms with E-state index in [1.54, 1.807) is 0 Å². The van der Waals surface area contributed by atoms with Crippen LogP contribution in [0.5, 0.6) is 0 Å². The van der Waals surface area contributed by atoms with Gasteiger partial charge in [0.2, 0.25) is 0 Å². The first kappa shape index (κ1) is 9.70. The predicted octanol–water partition coefficient (Wildman–Crippen LogP) is 3.81. The van der Waals surface area contributed by atoms with Crippen LogP contribution in [-0.2, 0) is 0 Å². The highest BCUT2D eigenvalue weighted by atomic mass is 79.9. The second kappa shape index (κ2) is 5.48. The molecule has 0 atom stereocenters. The number of hydrogen-bond acceptors (Lipinski definition) is 0. The molecule has 0 bridgehead atoms. The van der Waals surface area contributed by atoms with E-state index in [2.05, 4.69) is 35.5 Å². The smallest absolute Gasteiger partial charge is 0.00777 e. The van der Waals surface area contributed by atoms with Gasteiger partial charge in [-0.25, -0.2) is 0 Å². The lowest BCUT2D eigenvalue weighted by Crippen LogP contribution is -1.72. The van der Waals surface area contributed by atoms with E-state index in [4.69, 9.17) is 0 Å². The summed E-state index contributed by atoms with van der Waals surface area (Å²) in [6.07, 6.45) is 6.98. The van der Waals surface area contributed by atoms with Crippen LogP contribution in [0, 0.1) is 0 Å². The molecule has 0 saturated heterocycles. The molecule has 0 rings (SSSR count). The topological polar surface area (TPSA) is 0 Å². The first-order valence-corrected chi connectivity index (χ1v) is 4.15. The molecule has 0 unspecified atom stereocenters. The number of hydrogen-bond donors (Lipinski definition) is 0. The summed E-state index contributed by atoms with van der Waals surface area (Å²) in [5, 5.41) is 0. The zero-order chi connectivity index (χ0) is 7.98. The molecule has 0 aromatic heterocycles. The van der Waals surface area contributed by atoms with Crippen molar-refractivity contribution in [2.24, 2.45) is 0 Å². The van der Waals surface area contributed by atoms with E-state index < -0.39 is 0 Å². The average Bonchev–Trinajstić information content (AvgIpc) is 1.86. The fourth-order valence-corrected chi connectivity index (χ4v) is 0.969. The molecule has 0 aromatic rings. The van der Waals surface area contributed by atoms with Crippen molar-refractivity contribution >= 4 is 15.9 Å². The van der Waals surface area contributed by atoms with Gasteiger partial charge in [-0.2, -0.15) is 0 Å². The molecular weight excluding hydrogens is 188 g/mol. The van der Waals surface area contributed by atoms with Crippen LogP contribution in [0.2, 0.25) is 0 Å². The Hall–Kier alpha value is -0.300. The molecular formula is C9H13Br. The molecule has 0 amide bonds. The number of rotatable bonds is 3. The first-order valence-electron chi connectivity index (χ1n) is 3.36. The Balaban J connectivity index is 4.22. The zero-order valence-corrected chi connectivity index (χ0v) is 8.11. The van der Waals surface area contributed by atoms with Crippen LogP contribution >= 0.6 is 15.9 Å². The van der Waals surface area contributed by atoms with Gasteiger partial charge in [-0.3, -0.25) is 0 Å². The van der Waals surface area contributed by atoms with Crippen molar-refractivity contribution in [3.8, 4) is 0 Å². The van der Waals surface area contributed by atoms with E-state index in [0.29, 0.717) is 0 Å². The normalized spacial score (nSPS) is 13.5. The second-order valence-corrected chi connectivity index (χ2v) is 3.31. The first-order chi connectivity index (χ1) is 4.70. The third-order valence-electron chi connectivity index (χ3n) is 1.12. The summed E-state index contributed by atoms with van der Waals surface area (Å²) in [6.45, 7) is 7.78. The Morgan fingerprint density at radius 3 is 2.50 bits per heavy atom. The Kier molecular flexibility index (Phi) is 5.32. The van der Waals surface area contributed by atoms with E-state index in [9.17, 15) is 0 Å². The molecule has 0 radical (unpaired) electrons.